The van der Waals surface area contributed by atoms with E-state index >= 15 is 0 Å². The van der Waals surface area contributed by atoms with Crippen molar-refractivity contribution in [3.63, 3.8) is 0 Å². The first-order chi connectivity index (χ1) is 9.47. The molecular formula is C14H9F3O3. The van der Waals surface area contributed by atoms with E-state index in [2.05, 4.69) is 0 Å². The summed E-state index contributed by atoms with van der Waals surface area (Å²) in [5, 5.41) is 8.95. The number of hydrogen-bond donors (Lipinski definition) is 1. The van der Waals surface area contributed by atoms with Gasteiger partial charge in [-0.1, -0.05) is 0 Å². The molecule has 3 nitrogen and oxygen atoms in total. The summed E-state index contributed by atoms with van der Waals surface area (Å²) in [6.45, 7) is -0.273. The van der Waals surface area contributed by atoms with Gasteiger partial charge in [0, 0.05) is 11.6 Å². The van der Waals surface area contributed by atoms with Gasteiger partial charge in [-0.3, -0.25) is 0 Å². The lowest BCUT2D eigenvalue weighted by Gasteiger charge is -2.09. The minimum atomic E-state index is -1.23. The van der Waals surface area contributed by atoms with Gasteiger partial charge in [-0.05, 0) is 30.3 Å². The van der Waals surface area contributed by atoms with Crippen molar-refractivity contribution in [1.82, 2.24) is 0 Å². The van der Waals surface area contributed by atoms with Gasteiger partial charge in [-0.15, -0.1) is 0 Å². The fourth-order valence-electron chi connectivity index (χ4n) is 1.62. The Morgan fingerprint density at radius 2 is 1.80 bits per heavy atom. The first kappa shape index (κ1) is 13.9. The van der Waals surface area contributed by atoms with Crippen LogP contribution in [-0.2, 0) is 6.61 Å². The molecule has 2 aromatic carbocycles. The van der Waals surface area contributed by atoms with Crippen molar-refractivity contribution in [1.29, 1.82) is 0 Å². The third kappa shape index (κ3) is 3.09. The SMILES string of the molecule is O=C(O)c1ccc(F)cc1COc1ccc(F)c(F)c1. The van der Waals surface area contributed by atoms with Crippen molar-refractivity contribution < 1.29 is 27.8 Å². The highest BCUT2D eigenvalue weighted by atomic mass is 19.2. The van der Waals surface area contributed by atoms with Gasteiger partial charge < -0.3 is 9.84 Å². The monoisotopic (exact) mass is 282 g/mol. The molecule has 0 fully saturated rings. The lowest BCUT2D eigenvalue weighted by molar-refractivity contribution is 0.0694. The molecule has 2 rings (SSSR count). The van der Waals surface area contributed by atoms with Crippen LogP contribution in [0.25, 0.3) is 0 Å². The highest BCUT2D eigenvalue weighted by molar-refractivity contribution is 5.89. The molecule has 0 aromatic heterocycles. The van der Waals surface area contributed by atoms with E-state index in [1.807, 2.05) is 0 Å². The fourth-order valence-corrected chi connectivity index (χ4v) is 1.62. The molecule has 0 atom stereocenters. The molecule has 0 aliphatic carbocycles. The molecule has 0 bridgehead atoms. The van der Waals surface area contributed by atoms with Crippen molar-refractivity contribution >= 4 is 5.97 Å². The van der Waals surface area contributed by atoms with Gasteiger partial charge in [0.05, 0.1) is 5.56 Å². The Labute approximate surface area is 112 Å². The van der Waals surface area contributed by atoms with Crippen LogP contribution >= 0.6 is 0 Å². The zero-order valence-electron chi connectivity index (χ0n) is 10.1. The molecular weight excluding hydrogens is 273 g/mol. The summed E-state index contributed by atoms with van der Waals surface area (Å²) in [7, 11) is 0. The molecule has 0 amide bonds. The van der Waals surface area contributed by atoms with E-state index < -0.39 is 23.4 Å². The fraction of sp³-hybridized carbons (Fsp3) is 0.0714. The number of benzene rings is 2. The smallest absolute Gasteiger partial charge is 0.336 e. The van der Waals surface area contributed by atoms with Crippen LogP contribution in [0.3, 0.4) is 0 Å². The number of aromatic carboxylic acids is 1. The minimum Gasteiger partial charge on any atom is -0.489 e. The Balaban J connectivity index is 2.20. The van der Waals surface area contributed by atoms with Gasteiger partial charge in [0.1, 0.15) is 18.2 Å². The van der Waals surface area contributed by atoms with Crippen molar-refractivity contribution in [2.45, 2.75) is 6.61 Å². The molecule has 1 N–H and O–H groups in total. The Morgan fingerprint density at radius 1 is 1.05 bits per heavy atom. The standard InChI is InChI=1S/C14H9F3O3/c15-9-1-3-11(14(18)19)8(5-9)7-20-10-2-4-12(16)13(17)6-10/h1-6H,7H2,(H,18,19). The van der Waals surface area contributed by atoms with Crippen LogP contribution in [0.4, 0.5) is 13.2 Å². The number of carboxylic acid groups (broad SMARTS) is 1. The highest BCUT2D eigenvalue weighted by Crippen LogP contribution is 2.19. The molecule has 104 valence electrons. The van der Waals surface area contributed by atoms with Gasteiger partial charge in [-0.25, -0.2) is 18.0 Å². The molecule has 0 aliphatic heterocycles. The summed E-state index contributed by atoms with van der Waals surface area (Å²) >= 11 is 0. The first-order valence-electron chi connectivity index (χ1n) is 5.57. The molecule has 0 aliphatic rings. The molecule has 6 heteroatoms. The number of rotatable bonds is 4. The van der Waals surface area contributed by atoms with Crippen LogP contribution in [0.15, 0.2) is 36.4 Å². The van der Waals surface area contributed by atoms with Crippen LogP contribution in [-0.4, -0.2) is 11.1 Å². The van der Waals surface area contributed by atoms with Crippen LogP contribution in [0.5, 0.6) is 5.75 Å². The maximum absolute atomic E-state index is 13.1. The molecule has 0 saturated heterocycles. The average Bonchev–Trinajstić information content (AvgIpc) is 2.40. The Morgan fingerprint density at radius 3 is 2.45 bits per heavy atom. The van der Waals surface area contributed by atoms with E-state index in [0.29, 0.717) is 0 Å². The van der Waals surface area contributed by atoms with Gasteiger partial charge in [0.15, 0.2) is 11.6 Å². The summed E-state index contributed by atoms with van der Waals surface area (Å²) in [4.78, 5) is 11.0. The van der Waals surface area contributed by atoms with Crippen LogP contribution in [0, 0.1) is 17.5 Å². The molecule has 20 heavy (non-hydrogen) atoms. The summed E-state index contributed by atoms with van der Waals surface area (Å²) < 4.78 is 43.9. The van der Waals surface area contributed by atoms with E-state index in [1.54, 1.807) is 0 Å². The van der Waals surface area contributed by atoms with E-state index in [0.717, 1.165) is 30.3 Å². The van der Waals surface area contributed by atoms with Crippen LogP contribution in [0.2, 0.25) is 0 Å². The molecule has 2 aromatic rings. The van der Waals surface area contributed by atoms with E-state index in [1.165, 1.54) is 6.07 Å². The Kier molecular flexibility index (Phi) is 3.93. The summed E-state index contributed by atoms with van der Waals surface area (Å²) in [5.41, 5.74) is -0.0174. The maximum Gasteiger partial charge on any atom is 0.336 e. The summed E-state index contributed by atoms with van der Waals surface area (Å²) in [6.07, 6.45) is 0. The summed E-state index contributed by atoms with van der Waals surface area (Å²) in [5.74, 6) is -3.92. The van der Waals surface area contributed by atoms with E-state index in [9.17, 15) is 18.0 Å². The zero-order valence-corrected chi connectivity index (χ0v) is 10.1. The highest BCUT2D eigenvalue weighted by Gasteiger charge is 2.12. The molecule has 0 spiro atoms. The topological polar surface area (TPSA) is 46.5 Å². The lowest BCUT2D eigenvalue weighted by atomic mass is 10.1. The van der Waals surface area contributed by atoms with Crippen molar-refractivity contribution in [2.24, 2.45) is 0 Å². The molecule has 0 saturated carbocycles. The van der Waals surface area contributed by atoms with Crippen molar-refractivity contribution in [3.05, 3.63) is 65.0 Å². The van der Waals surface area contributed by atoms with Gasteiger partial charge >= 0.3 is 5.97 Å². The molecule has 0 unspecified atom stereocenters. The minimum absolute atomic E-state index is 0.0181. The average molecular weight is 282 g/mol. The normalized spacial score (nSPS) is 10.3. The number of carbonyl (C=O) groups is 1. The van der Waals surface area contributed by atoms with Crippen LogP contribution < -0.4 is 4.74 Å². The van der Waals surface area contributed by atoms with E-state index in [4.69, 9.17) is 9.84 Å². The predicted octanol–water partition coefficient (Wildman–Crippen LogP) is 3.38. The second-order valence-corrected chi connectivity index (χ2v) is 3.97. The lowest BCUT2D eigenvalue weighted by Crippen LogP contribution is -2.06. The van der Waals surface area contributed by atoms with Gasteiger partial charge in [-0.2, -0.15) is 0 Å². The number of carboxylic acids is 1. The molecule has 0 radical (unpaired) electrons. The largest absolute Gasteiger partial charge is 0.489 e. The Bertz CT molecular complexity index is 656. The maximum atomic E-state index is 13.1. The number of halogens is 3. The second-order valence-electron chi connectivity index (χ2n) is 3.97. The van der Waals surface area contributed by atoms with Crippen molar-refractivity contribution in [3.8, 4) is 5.75 Å². The third-order valence-corrected chi connectivity index (χ3v) is 2.58. The van der Waals surface area contributed by atoms with Gasteiger partial charge in [0.2, 0.25) is 0 Å². The van der Waals surface area contributed by atoms with Crippen LogP contribution in [0.1, 0.15) is 15.9 Å². The van der Waals surface area contributed by atoms with E-state index in [-0.39, 0.29) is 23.5 Å². The van der Waals surface area contributed by atoms with Gasteiger partial charge in [0.25, 0.3) is 0 Å². The third-order valence-electron chi connectivity index (χ3n) is 2.58. The number of ether oxygens (including phenoxy) is 1. The predicted molar refractivity (Wildman–Crippen MR) is 64.0 cm³/mol. The first-order valence-corrected chi connectivity index (χ1v) is 5.57. The molecule has 0 heterocycles. The summed E-state index contributed by atoms with van der Waals surface area (Å²) in [6, 6.07) is 6.05. The number of hydrogen-bond acceptors (Lipinski definition) is 2. The van der Waals surface area contributed by atoms with Crippen molar-refractivity contribution in [2.75, 3.05) is 0 Å². The zero-order chi connectivity index (χ0) is 14.7. The quantitative estimate of drug-likeness (QED) is 0.935. The second kappa shape index (κ2) is 5.64. The Hall–Kier alpha value is -2.50.